The summed E-state index contributed by atoms with van der Waals surface area (Å²) in [4.78, 5) is 2.26. The molecule has 0 aromatic carbocycles. The van der Waals surface area contributed by atoms with Gasteiger partial charge in [-0.05, 0) is 12.5 Å². The number of hydrogen-bond acceptors (Lipinski definition) is 4. The molecule has 4 nitrogen and oxygen atoms in total. The van der Waals surface area contributed by atoms with Crippen LogP contribution in [0.4, 0.5) is 0 Å². The molecule has 0 radical (unpaired) electrons. The van der Waals surface area contributed by atoms with Crippen LogP contribution in [0.5, 0.6) is 0 Å². The number of nitrogens with one attached hydrogen (secondary N) is 2. The third kappa shape index (κ3) is 2.02. The molecular weight excluding hydrogens is 176 g/mol. The Morgan fingerprint density at radius 1 is 1.43 bits per heavy atom. The Morgan fingerprint density at radius 3 is 3.14 bits per heavy atom. The molecule has 0 saturated carbocycles. The second-order valence-corrected chi connectivity index (χ2v) is 3.51. The number of rotatable bonds is 1. The summed E-state index contributed by atoms with van der Waals surface area (Å²) in [5.74, 6) is 0. The Bertz CT molecular complexity index is 280. The lowest BCUT2D eigenvalue weighted by atomic mass is 10.1. The first-order valence-electron chi connectivity index (χ1n) is 4.89. The van der Waals surface area contributed by atoms with Crippen LogP contribution in [0.2, 0.25) is 0 Å². The molecule has 0 spiro atoms. The predicted octanol–water partition coefficient (Wildman–Crippen LogP) is 0.0385. The van der Waals surface area contributed by atoms with E-state index in [-0.39, 0.29) is 0 Å². The van der Waals surface area contributed by atoms with E-state index in [2.05, 4.69) is 27.8 Å². The third-order valence-electron chi connectivity index (χ3n) is 2.45. The van der Waals surface area contributed by atoms with Gasteiger partial charge in [-0.1, -0.05) is 6.08 Å². The summed E-state index contributed by atoms with van der Waals surface area (Å²) in [6.07, 6.45) is 11.1. The van der Waals surface area contributed by atoms with Gasteiger partial charge in [-0.25, -0.2) is 0 Å². The van der Waals surface area contributed by atoms with Crippen molar-refractivity contribution in [1.82, 2.24) is 15.5 Å². The number of allylic oxidation sites excluding steroid dienone is 1. The van der Waals surface area contributed by atoms with Gasteiger partial charge in [0.25, 0.3) is 0 Å². The Hall–Kier alpha value is -1.58. The van der Waals surface area contributed by atoms with Crippen LogP contribution < -0.4 is 16.4 Å². The zero-order chi connectivity index (χ0) is 9.80. The third-order valence-corrected chi connectivity index (χ3v) is 2.45. The van der Waals surface area contributed by atoms with Crippen molar-refractivity contribution in [2.24, 2.45) is 5.73 Å². The fraction of sp³-hybridized carbons (Fsp3) is 0.400. The highest BCUT2D eigenvalue weighted by Crippen LogP contribution is 2.10. The molecule has 4 N–H and O–H groups in total. The van der Waals surface area contributed by atoms with Gasteiger partial charge in [-0.3, -0.25) is 0 Å². The summed E-state index contributed by atoms with van der Waals surface area (Å²) in [6.45, 7) is 1.85. The Labute approximate surface area is 84.1 Å². The Balaban J connectivity index is 2.03. The van der Waals surface area contributed by atoms with Gasteiger partial charge in [0.1, 0.15) is 0 Å². The smallest absolute Gasteiger partial charge is 0.0873 e. The van der Waals surface area contributed by atoms with Gasteiger partial charge in [0, 0.05) is 30.8 Å². The van der Waals surface area contributed by atoms with Crippen molar-refractivity contribution < 1.29 is 0 Å². The Morgan fingerprint density at radius 2 is 2.36 bits per heavy atom. The van der Waals surface area contributed by atoms with Crippen LogP contribution in [0, 0.1) is 0 Å². The van der Waals surface area contributed by atoms with Gasteiger partial charge < -0.3 is 21.3 Å². The van der Waals surface area contributed by atoms with Crippen LogP contribution >= 0.6 is 0 Å². The first-order chi connectivity index (χ1) is 6.86. The van der Waals surface area contributed by atoms with Crippen LogP contribution in [-0.4, -0.2) is 24.2 Å². The van der Waals surface area contributed by atoms with E-state index in [1.165, 1.54) is 0 Å². The van der Waals surface area contributed by atoms with Crippen molar-refractivity contribution in [2.45, 2.75) is 12.5 Å². The second-order valence-electron chi connectivity index (χ2n) is 3.51. The van der Waals surface area contributed by atoms with Crippen molar-refractivity contribution in [1.29, 1.82) is 0 Å². The lowest BCUT2D eigenvalue weighted by Gasteiger charge is -2.25. The molecule has 0 saturated heterocycles. The van der Waals surface area contributed by atoms with E-state index in [1.807, 2.05) is 18.5 Å². The van der Waals surface area contributed by atoms with Gasteiger partial charge in [-0.2, -0.15) is 0 Å². The second kappa shape index (κ2) is 4.09. The van der Waals surface area contributed by atoms with E-state index in [9.17, 15) is 0 Å². The molecule has 0 fully saturated rings. The van der Waals surface area contributed by atoms with E-state index < -0.39 is 0 Å². The lowest BCUT2D eigenvalue weighted by Crippen LogP contribution is -2.33. The van der Waals surface area contributed by atoms with Crippen molar-refractivity contribution in [3.05, 3.63) is 36.4 Å². The molecule has 0 aliphatic carbocycles. The maximum Gasteiger partial charge on any atom is 0.0873 e. The first-order valence-corrected chi connectivity index (χ1v) is 4.89. The van der Waals surface area contributed by atoms with Crippen LogP contribution in [0.3, 0.4) is 0 Å². The largest absolute Gasteiger partial charge is 0.398 e. The molecule has 1 unspecified atom stereocenters. The van der Waals surface area contributed by atoms with Crippen molar-refractivity contribution >= 4 is 0 Å². The minimum atomic E-state index is 0.431. The molecule has 2 rings (SSSR count). The molecule has 1 atom stereocenters. The molecule has 2 heterocycles. The molecule has 2 aliphatic rings. The highest BCUT2D eigenvalue weighted by molar-refractivity contribution is 5.18. The molecule has 0 aromatic rings. The molecular formula is C10H16N4. The van der Waals surface area contributed by atoms with Gasteiger partial charge in [0.15, 0.2) is 0 Å². The van der Waals surface area contributed by atoms with Gasteiger partial charge in [0.05, 0.1) is 12.7 Å². The summed E-state index contributed by atoms with van der Waals surface area (Å²) >= 11 is 0. The standard InChI is InChI=1S/C10H16N4/c11-9-1-2-10(3-4-12-7-9)14-6-5-13-8-14/h1-2,5-7,10,12-13H,3-4,8,11H2/b2-1-,9-7+. The van der Waals surface area contributed by atoms with E-state index in [0.29, 0.717) is 6.04 Å². The predicted molar refractivity (Wildman–Crippen MR) is 56.8 cm³/mol. The average molecular weight is 192 g/mol. The monoisotopic (exact) mass is 192 g/mol. The summed E-state index contributed by atoms with van der Waals surface area (Å²) in [7, 11) is 0. The van der Waals surface area contributed by atoms with Crippen LogP contribution in [-0.2, 0) is 0 Å². The molecule has 14 heavy (non-hydrogen) atoms. The minimum Gasteiger partial charge on any atom is -0.398 e. The highest BCUT2D eigenvalue weighted by Gasteiger charge is 2.14. The first kappa shape index (κ1) is 8.99. The zero-order valence-corrected chi connectivity index (χ0v) is 8.11. The normalized spacial score (nSPS) is 32.1. The fourth-order valence-corrected chi connectivity index (χ4v) is 1.65. The summed E-state index contributed by atoms with van der Waals surface area (Å²) in [5.41, 5.74) is 6.51. The number of hydrogen-bond donors (Lipinski definition) is 3. The summed E-state index contributed by atoms with van der Waals surface area (Å²) in [6, 6.07) is 0.431. The topological polar surface area (TPSA) is 53.3 Å². The van der Waals surface area contributed by atoms with Gasteiger partial charge in [-0.15, -0.1) is 0 Å². The molecule has 0 amide bonds. The van der Waals surface area contributed by atoms with E-state index >= 15 is 0 Å². The average Bonchev–Trinajstić information content (AvgIpc) is 2.65. The molecule has 0 bridgehead atoms. The number of nitrogens with two attached hydrogens (primary N) is 1. The Kier molecular flexibility index (Phi) is 2.62. The van der Waals surface area contributed by atoms with Gasteiger partial charge in [0.2, 0.25) is 0 Å². The molecule has 2 aliphatic heterocycles. The fourth-order valence-electron chi connectivity index (χ4n) is 1.65. The quantitative estimate of drug-likeness (QED) is 0.549. The SMILES string of the molecule is NC1=C/NCCC(N2C=CNC2)/C=C\1. The zero-order valence-electron chi connectivity index (χ0n) is 8.11. The molecule has 0 aromatic heterocycles. The maximum atomic E-state index is 5.72. The van der Waals surface area contributed by atoms with E-state index in [1.54, 1.807) is 0 Å². The summed E-state index contributed by atoms with van der Waals surface area (Å²) < 4.78 is 0. The number of nitrogens with zero attached hydrogens (tertiary/aromatic N) is 1. The minimum absolute atomic E-state index is 0.431. The van der Waals surface area contributed by atoms with Gasteiger partial charge >= 0.3 is 0 Å². The molecule has 4 heteroatoms. The van der Waals surface area contributed by atoms with Crippen LogP contribution in [0.1, 0.15) is 6.42 Å². The van der Waals surface area contributed by atoms with E-state index in [4.69, 9.17) is 5.73 Å². The van der Waals surface area contributed by atoms with Crippen molar-refractivity contribution in [2.75, 3.05) is 13.2 Å². The lowest BCUT2D eigenvalue weighted by molar-refractivity contribution is 0.317. The van der Waals surface area contributed by atoms with Crippen molar-refractivity contribution in [3.8, 4) is 0 Å². The highest BCUT2D eigenvalue weighted by atomic mass is 15.3. The maximum absolute atomic E-state index is 5.72. The molecule has 76 valence electrons. The van der Waals surface area contributed by atoms with Crippen LogP contribution in [0.15, 0.2) is 36.4 Å². The van der Waals surface area contributed by atoms with Crippen LogP contribution in [0.25, 0.3) is 0 Å². The summed E-state index contributed by atoms with van der Waals surface area (Å²) in [5, 5.41) is 6.34. The van der Waals surface area contributed by atoms with Crippen molar-refractivity contribution in [3.63, 3.8) is 0 Å². The van der Waals surface area contributed by atoms with E-state index in [0.717, 1.165) is 25.3 Å².